The lowest BCUT2D eigenvalue weighted by atomic mass is 10.1. The van der Waals surface area contributed by atoms with Gasteiger partial charge in [0, 0.05) is 16.8 Å². The van der Waals surface area contributed by atoms with E-state index in [2.05, 4.69) is 5.32 Å². The summed E-state index contributed by atoms with van der Waals surface area (Å²) in [7, 11) is 1.66. The number of rotatable bonds is 4. The van der Waals surface area contributed by atoms with E-state index in [4.69, 9.17) is 21.0 Å². The lowest BCUT2D eigenvalue weighted by Gasteiger charge is -2.20. The summed E-state index contributed by atoms with van der Waals surface area (Å²) in [5.41, 5.74) is 6.06. The van der Waals surface area contributed by atoms with E-state index in [-0.39, 0.29) is 12.4 Å². The molecular weight excluding hydrogens is 379 g/mol. The van der Waals surface area contributed by atoms with Crippen LogP contribution in [-0.4, -0.2) is 57.7 Å². The zero-order valence-corrected chi connectivity index (χ0v) is 12.9. The van der Waals surface area contributed by atoms with Crippen molar-refractivity contribution in [3.63, 3.8) is 0 Å². The predicted octanol–water partition coefficient (Wildman–Crippen LogP) is -0.970. The highest BCUT2D eigenvalue weighted by Gasteiger charge is 2.44. The Bertz CT molecular complexity index is 521. The molecule has 1 aliphatic rings. The predicted molar refractivity (Wildman–Crippen MR) is 80.7 cm³/mol. The topological polar surface area (TPSA) is 137 Å². The first-order valence-corrected chi connectivity index (χ1v) is 7.05. The zero-order valence-electron chi connectivity index (χ0n) is 10.7. The highest BCUT2D eigenvalue weighted by molar-refractivity contribution is 14.1. The van der Waals surface area contributed by atoms with Crippen molar-refractivity contribution in [2.75, 3.05) is 19.0 Å². The standard InChI is InChI=1S/C11H17IN4O4/c1-15-10-6(9(13)14)4(12)2-16(10)11-8(19)7(18)5(3-17)20-11/h2,5,7-8,11,15,17-19H,3H2,1H3,(H3,13,14)/t5?,7-,8-,11-/m1/s1. The monoisotopic (exact) mass is 396 g/mol. The molecule has 0 radical (unpaired) electrons. The number of anilines is 1. The summed E-state index contributed by atoms with van der Waals surface area (Å²) < 4.78 is 7.76. The molecule has 0 amide bonds. The van der Waals surface area contributed by atoms with E-state index in [1.54, 1.807) is 17.8 Å². The van der Waals surface area contributed by atoms with Crippen molar-refractivity contribution in [1.29, 1.82) is 5.41 Å². The van der Waals surface area contributed by atoms with Gasteiger partial charge in [0.1, 0.15) is 30.0 Å². The maximum atomic E-state index is 10.0. The molecule has 20 heavy (non-hydrogen) atoms. The van der Waals surface area contributed by atoms with Gasteiger partial charge in [0.25, 0.3) is 0 Å². The van der Waals surface area contributed by atoms with Crippen LogP contribution in [0, 0.1) is 8.98 Å². The molecule has 4 atom stereocenters. The lowest BCUT2D eigenvalue weighted by Crippen LogP contribution is -2.33. The molecule has 1 aromatic rings. The van der Waals surface area contributed by atoms with Gasteiger partial charge in [-0.2, -0.15) is 0 Å². The summed E-state index contributed by atoms with van der Waals surface area (Å²) in [6, 6.07) is 0. The molecule has 1 unspecified atom stereocenters. The molecule has 9 heteroatoms. The molecule has 1 aliphatic heterocycles. The van der Waals surface area contributed by atoms with Crippen LogP contribution in [0.2, 0.25) is 0 Å². The Kier molecular flexibility index (Phi) is 4.54. The minimum Gasteiger partial charge on any atom is -0.394 e. The van der Waals surface area contributed by atoms with Crippen LogP contribution in [0.4, 0.5) is 5.82 Å². The molecule has 8 nitrogen and oxygen atoms in total. The number of nitrogens with two attached hydrogens (primary N) is 1. The van der Waals surface area contributed by atoms with Crippen molar-refractivity contribution in [1.82, 2.24) is 4.57 Å². The number of ether oxygens (including phenoxy) is 1. The summed E-state index contributed by atoms with van der Waals surface area (Å²) in [4.78, 5) is 0. The fraction of sp³-hybridized carbons (Fsp3) is 0.545. The number of aromatic nitrogens is 1. The summed E-state index contributed by atoms with van der Waals surface area (Å²) in [6.45, 7) is -0.387. The van der Waals surface area contributed by atoms with Gasteiger partial charge in [-0.3, -0.25) is 5.41 Å². The molecule has 0 spiro atoms. The third-order valence-electron chi connectivity index (χ3n) is 3.28. The molecular formula is C11H17IN4O4. The van der Waals surface area contributed by atoms with Gasteiger partial charge in [-0.05, 0) is 22.6 Å². The Balaban J connectivity index is 2.44. The second kappa shape index (κ2) is 5.85. The molecule has 1 saturated heterocycles. The third kappa shape index (κ3) is 2.39. The van der Waals surface area contributed by atoms with E-state index in [1.165, 1.54) is 0 Å². The number of aliphatic hydroxyl groups excluding tert-OH is 3. The van der Waals surface area contributed by atoms with Crippen LogP contribution in [-0.2, 0) is 4.74 Å². The molecule has 0 saturated carbocycles. The Morgan fingerprint density at radius 1 is 1.55 bits per heavy atom. The van der Waals surface area contributed by atoms with E-state index < -0.39 is 24.5 Å². The van der Waals surface area contributed by atoms with Gasteiger partial charge in [-0.15, -0.1) is 0 Å². The second-order valence-electron chi connectivity index (χ2n) is 4.50. The van der Waals surface area contributed by atoms with Gasteiger partial charge in [-0.25, -0.2) is 0 Å². The molecule has 0 aromatic carbocycles. The second-order valence-corrected chi connectivity index (χ2v) is 5.66. The summed E-state index contributed by atoms with van der Waals surface area (Å²) in [6.07, 6.45) is -2.38. The molecule has 1 fully saturated rings. The number of nitrogens with zero attached hydrogens (tertiary/aromatic N) is 1. The number of hydrogen-bond donors (Lipinski definition) is 6. The van der Waals surface area contributed by atoms with Crippen LogP contribution >= 0.6 is 22.6 Å². The van der Waals surface area contributed by atoms with Gasteiger partial charge in [0.05, 0.1) is 12.2 Å². The highest BCUT2D eigenvalue weighted by atomic mass is 127. The fourth-order valence-corrected chi connectivity index (χ4v) is 3.16. The van der Waals surface area contributed by atoms with Crippen LogP contribution in [0.15, 0.2) is 6.20 Å². The van der Waals surface area contributed by atoms with E-state index in [0.29, 0.717) is 11.4 Å². The zero-order chi connectivity index (χ0) is 15.0. The Labute approximate surface area is 129 Å². The molecule has 0 aliphatic carbocycles. The van der Waals surface area contributed by atoms with Gasteiger partial charge < -0.3 is 35.7 Å². The smallest absolute Gasteiger partial charge is 0.164 e. The van der Waals surface area contributed by atoms with Crippen molar-refractivity contribution in [3.05, 3.63) is 15.3 Å². The molecule has 7 N–H and O–H groups in total. The van der Waals surface area contributed by atoms with Gasteiger partial charge in [-0.1, -0.05) is 0 Å². The maximum absolute atomic E-state index is 10.0. The fourth-order valence-electron chi connectivity index (χ4n) is 2.31. The van der Waals surface area contributed by atoms with Crippen LogP contribution < -0.4 is 11.1 Å². The minimum atomic E-state index is -1.18. The highest BCUT2D eigenvalue weighted by Crippen LogP contribution is 2.35. The first-order chi connectivity index (χ1) is 9.42. The van der Waals surface area contributed by atoms with Crippen molar-refractivity contribution >= 4 is 34.2 Å². The Morgan fingerprint density at radius 2 is 2.20 bits per heavy atom. The Morgan fingerprint density at radius 3 is 2.65 bits per heavy atom. The summed E-state index contributed by atoms with van der Waals surface area (Å²) in [5, 5.41) is 39.5. The number of nitrogens with one attached hydrogen (secondary N) is 2. The van der Waals surface area contributed by atoms with E-state index in [9.17, 15) is 10.2 Å². The largest absolute Gasteiger partial charge is 0.394 e. The van der Waals surface area contributed by atoms with Crippen LogP contribution in [0.25, 0.3) is 0 Å². The molecule has 1 aromatic heterocycles. The van der Waals surface area contributed by atoms with Gasteiger partial charge in [0.15, 0.2) is 6.23 Å². The van der Waals surface area contributed by atoms with Crippen molar-refractivity contribution < 1.29 is 20.1 Å². The Hall–Kier alpha value is -0.880. The average molecular weight is 396 g/mol. The number of nitrogen functional groups attached to an aromatic ring is 1. The quantitative estimate of drug-likeness (QED) is 0.220. The molecule has 2 rings (SSSR count). The summed E-state index contributed by atoms with van der Waals surface area (Å²) in [5.74, 6) is 0.404. The van der Waals surface area contributed by atoms with E-state index in [1.807, 2.05) is 22.6 Å². The maximum Gasteiger partial charge on any atom is 0.164 e. The molecule has 0 bridgehead atoms. The normalized spacial score (nSPS) is 29.6. The lowest BCUT2D eigenvalue weighted by molar-refractivity contribution is -0.0516. The van der Waals surface area contributed by atoms with Crippen LogP contribution in [0.3, 0.4) is 0 Å². The third-order valence-corrected chi connectivity index (χ3v) is 4.10. The first-order valence-electron chi connectivity index (χ1n) is 5.97. The number of aliphatic hydroxyl groups is 3. The SMILES string of the molecule is CNc1c(C(=N)N)c(I)cn1[C@@H]1OC(CO)[C@@H](O)[C@H]1O. The number of hydrogen-bond acceptors (Lipinski definition) is 6. The van der Waals surface area contributed by atoms with Crippen molar-refractivity contribution in [2.24, 2.45) is 5.73 Å². The van der Waals surface area contributed by atoms with E-state index in [0.717, 1.165) is 3.57 Å². The summed E-state index contributed by atoms with van der Waals surface area (Å²) >= 11 is 2.03. The number of amidine groups is 1. The minimum absolute atomic E-state index is 0.107. The first kappa shape index (κ1) is 15.5. The molecule has 2 heterocycles. The van der Waals surface area contributed by atoms with Gasteiger partial charge in [0.2, 0.25) is 0 Å². The number of halogens is 1. The van der Waals surface area contributed by atoms with E-state index >= 15 is 0 Å². The molecule has 112 valence electrons. The average Bonchev–Trinajstić information content (AvgIpc) is 2.88. The van der Waals surface area contributed by atoms with Crippen LogP contribution in [0.1, 0.15) is 11.8 Å². The van der Waals surface area contributed by atoms with Crippen molar-refractivity contribution in [3.8, 4) is 0 Å². The van der Waals surface area contributed by atoms with Crippen LogP contribution in [0.5, 0.6) is 0 Å². The van der Waals surface area contributed by atoms with Crippen molar-refractivity contribution in [2.45, 2.75) is 24.5 Å². The van der Waals surface area contributed by atoms with Gasteiger partial charge >= 0.3 is 0 Å².